The molecule has 2 saturated heterocycles. The number of hydrogen-bond donors (Lipinski definition) is 1. The molecule has 0 aromatic heterocycles. The van der Waals surface area contributed by atoms with Gasteiger partial charge in [0.15, 0.2) is 0 Å². The molecule has 0 aliphatic carbocycles. The van der Waals surface area contributed by atoms with Crippen LogP contribution in [0.4, 0.5) is 0 Å². The Morgan fingerprint density at radius 1 is 1.45 bits per heavy atom. The lowest BCUT2D eigenvalue weighted by Gasteiger charge is -2.31. The maximum atomic E-state index is 11.3. The number of carbonyl (C=O) groups excluding carboxylic acids is 1. The number of carbonyl (C=O) groups is 1. The molecule has 62 valence electrons. The molecule has 2 atom stereocenters. The number of amides is 1. The van der Waals surface area contributed by atoms with E-state index in [9.17, 15) is 4.79 Å². The van der Waals surface area contributed by atoms with Crippen LogP contribution in [0.2, 0.25) is 0 Å². The Morgan fingerprint density at radius 3 is 3.00 bits per heavy atom. The molecule has 0 unspecified atom stereocenters. The number of hydrogen-bond acceptors (Lipinski definition) is 2. The first-order valence-electron chi connectivity index (χ1n) is 4.34. The second-order valence-corrected chi connectivity index (χ2v) is 3.52. The van der Waals surface area contributed by atoms with Crippen LogP contribution in [-0.2, 0) is 4.79 Å². The topological polar surface area (TPSA) is 46.3 Å². The van der Waals surface area contributed by atoms with Crippen LogP contribution in [-0.4, -0.2) is 29.4 Å². The van der Waals surface area contributed by atoms with Crippen LogP contribution in [0.3, 0.4) is 0 Å². The quantitative estimate of drug-likeness (QED) is 0.538. The minimum Gasteiger partial charge on any atom is -0.338 e. The Morgan fingerprint density at radius 2 is 2.27 bits per heavy atom. The normalized spacial score (nSPS) is 37.5. The fourth-order valence-electron chi connectivity index (χ4n) is 2.17. The van der Waals surface area contributed by atoms with Crippen molar-refractivity contribution in [2.45, 2.75) is 37.8 Å². The zero-order valence-corrected chi connectivity index (χ0v) is 6.62. The molecule has 1 amide bonds. The average Bonchev–Trinajstić information content (AvgIpc) is 2.30. The summed E-state index contributed by atoms with van der Waals surface area (Å²) >= 11 is 0. The molecule has 2 rings (SSSR count). The maximum Gasteiger partial charge on any atom is 0.224 e. The van der Waals surface area contributed by atoms with Gasteiger partial charge in [-0.15, -0.1) is 0 Å². The van der Waals surface area contributed by atoms with Gasteiger partial charge in [-0.3, -0.25) is 4.79 Å². The molecule has 0 radical (unpaired) electrons. The number of nitrogens with two attached hydrogens (primary N) is 1. The molecular formula is C8H14N2O. The lowest BCUT2D eigenvalue weighted by atomic mass is 10.00. The van der Waals surface area contributed by atoms with Crippen molar-refractivity contribution in [2.75, 3.05) is 6.54 Å². The van der Waals surface area contributed by atoms with Crippen LogP contribution >= 0.6 is 0 Å². The molecule has 2 aliphatic rings. The highest BCUT2D eigenvalue weighted by Crippen LogP contribution is 2.26. The van der Waals surface area contributed by atoms with E-state index >= 15 is 0 Å². The Hall–Kier alpha value is -0.570. The lowest BCUT2D eigenvalue weighted by molar-refractivity contribution is -0.129. The van der Waals surface area contributed by atoms with Crippen molar-refractivity contribution in [1.29, 1.82) is 0 Å². The third-order valence-corrected chi connectivity index (χ3v) is 2.77. The SMILES string of the molecule is N[C@H]1CC(=O)N2CCCC[C@H]12. The van der Waals surface area contributed by atoms with Gasteiger partial charge >= 0.3 is 0 Å². The van der Waals surface area contributed by atoms with Crippen molar-refractivity contribution >= 4 is 5.91 Å². The van der Waals surface area contributed by atoms with Gasteiger partial charge in [-0.2, -0.15) is 0 Å². The van der Waals surface area contributed by atoms with E-state index in [1.807, 2.05) is 4.90 Å². The summed E-state index contributed by atoms with van der Waals surface area (Å²) < 4.78 is 0. The fraction of sp³-hybridized carbons (Fsp3) is 0.875. The van der Waals surface area contributed by atoms with Gasteiger partial charge in [0.2, 0.25) is 5.91 Å². The number of fused-ring (bicyclic) bond motifs is 1. The molecule has 3 nitrogen and oxygen atoms in total. The number of nitrogens with zero attached hydrogens (tertiary/aromatic N) is 1. The highest BCUT2D eigenvalue weighted by atomic mass is 16.2. The first-order chi connectivity index (χ1) is 5.29. The van der Waals surface area contributed by atoms with Gasteiger partial charge in [0.05, 0.1) is 0 Å². The summed E-state index contributed by atoms with van der Waals surface area (Å²) in [5.74, 6) is 0.266. The van der Waals surface area contributed by atoms with Crippen LogP contribution < -0.4 is 5.73 Å². The second kappa shape index (κ2) is 2.48. The van der Waals surface area contributed by atoms with Crippen LogP contribution in [0.15, 0.2) is 0 Å². The summed E-state index contributed by atoms with van der Waals surface area (Å²) in [5, 5.41) is 0. The molecule has 3 heteroatoms. The van der Waals surface area contributed by atoms with Gasteiger partial charge in [0.1, 0.15) is 0 Å². The van der Waals surface area contributed by atoms with Crippen molar-refractivity contribution in [3.63, 3.8) is 0 Å². The summed E-state index contributed by atoms with van der Waals surface area (Å²) in [6.45, 7) is 0.942. The van der Waals surface area contributed by atoms with Gasteiger partial charge in [-0.25, -0.2) is 0 Å². The van der Waals surface area contributed by atoms with Crippen LogP contribution in [0.5, 0.6) is 0 Å². The van der Waals surface area contributed by atoms with Crippen molar-refractivity contribution in [1.82, 2.24) is 4.90 Å². The first kappa shape index (κ1) is 7.10. The third kappa shape index (κ3) is 1.03. The molecule has 0 spiro atoms. The molecular weight excluding hydrogens is 140 g/mol. The van der Waals surface area contributed by atoms with Crippen molar-refractivity contribution < 1.29 is 4.79 Å². The van der Waals surface area contributed by atoms with E-state index in [1.54, 1.807) is 0 Å². The minimum atomic E-state index is 0.114. The molecule has 11 heavy (non-hydrogen) atoms. The molecule has 2 N–H and O–H groups in total. The summed E-state index contributed by atoms with van der Waals surface area (Å²) in [6.07, 6.45) is 4.09. The highest BCUT2D eigenvalue weighted by molar-refractivity contribution is 5.80. The van der Waals surface area contributed by atoms with E-state index in [1.165, 1.54) is 6.42 Å². The van der Waals surface area contributed by atoms with Gasteiger partial charge in [-0.1, -0.05) is 0 Å². The molecule has 2 fully saturated rings. The van der Waals surface area contributed by atoms with Gasteiger partial charge < -0.3 is 10.6 Å². The van der Waals surface area contributed by atoms with E-state index in [0.717, 1.165) is 19.4 Å². The molecule has 0 aromatic rings. The second-order valence-electron chi connectivity index (χ2n) is 3.52. The zero-order valence-electron chi connectivity index (χ0n) is 6.62. The van der Waals surface area contributed by atoms with E-state index < -0.39 is 0 Å². The predicted molar refractivity (Wildman–Crippen MR) is 41.9 cm³/mol. The summed E-state index contributed by atoms with van der Waals surface area (Å²) in [4.78, 5) is 13.2. The maximum absolute atomic E-state index is 11.3. The van der Waals surface area contributed by atoms with Gasteiger partial charge in [-0.05, 0) is 19.3 Å². The summed E-state index contributed by atoms with van der Waals surface area (Å²) in [6, 6.07) is 0.485. The fourth-order valence-corrected chi connectivity index (χ4v) is 2.17. The number of piperidine rings is 1. The van der Waals surface area contributed by atoms with E-state index in [4.69, 9.17) is 5.73 Å². The van der Waals surface area contributed by atoms with Crippen LogP contribution in [0.25, 0.3) is 0 Å². The lowest BCUT2D eigenvalue weighted by Crippen LogP contribution is -2.43. The third-order valence-electron chi connectivity index (χ3n) is 2.77. The zero-order chi connectivity index (χ0) is 7.84. The van der Waals surface area contributed by atoms with Crippen molar-refractivity contribution in [2.24, 2.45) is 5.73 Å². The average molecular weight is 154 g/mol. The Labute approximate surface area is 66.5 Å². The summed E-state index contributed by atoms with van der Waals surface area (Å²) in [7, 11) is 0. The molecule has 0 saturated carbocycles. The molecule has 0 bridgehead atoms. The largest absolute Gasteiger partial charge is 0.338 e. The van der Waals surface area contributed by atoms with Crippen LogP contribution in [0.1, 0.15) is 25.7 Å². The summed E-state index contributed by atoms with van der Waals surface area (Å²) in [5.41, 5.74) is 5.82. The van der Waals surface area contributed by atoms with E-state index in [-0.39, 0.29) is 11.9 Å². The first-order valence-corrected chi connectivity index (χ1v) is 4.34. The minimum absolute atomic E-state index is 0.114. The van der Waals surface area contributed by atoms with E-state index in [0.29, 0.717) is 12.5 Å². The molecule has 0 aromatic carbocycles. The monoisotopic (exact) mass is 154 g/mol. The Kier molecular flexibility index (Phi) is 1.60. The predicted octanol–water partition coefficient (Wildman–Crippen LogP) is 0.0985. The van der Waals surface area contributed by atoms with E-state index in [2.05, 4.69) is 0 Å². The highest BCUT2D eigenvalue weighted by Gasteiger charge is 2.38. The number of rotatable bonds is 0. The van der Waals surface area contributed by atoms with Crippen LogP contribution in [0, 0.1) is 0 Å². The van der Waals surface area contributed by atoms with Gasteiger partial charge in [0, 0.05) is 25.0 Å². The van der Waals surface area contributed by atoms with Crippen molar-refractivity contribution in [3.8, 4) is 0 Å². The molecule has 2 heterocycles. The Balaban J connectivity index is 2.13. The van der Waals surface area contributed by atoms with Crippen molar-refractivity contribution in [3.05, 3.63) is 0 Å². The smallest absolute Gasteiger partial charge is 0.224 e. The Bertz CT molecular complexity index is 181. The van der Waals surface area contributed by atoms with Gasteiger partial charge in [0.25, 0.3) is 0 Å². The standard InChI is InChI=1S/C8H14N2O/c9-6-5-8(11)10-4-2-1-3-7(6)10/h6-7H,1-5,9H2/t6-,7+/m0/s1. The molecule has 2 aliphatic heterocycles.